The summed E-state index contributed by atoms with van der Waals surface area (Å²) >= 11 is 0. The Bertz CT molecular complexity index is 763. The molecule has 0 spiro atoms. The summed E-state index contributed by atoms with van der Waals surface area (Å²) in [7, 11) is 0. The van der Waals surface area contributed by atoms with Gasteiger partial charge in [0.05, 0.1) is 12.2 Å². The molecule has 3 aromatic heterocycles. The highest BCUT2D eigenvalue weighted by atomic mass is 15.4. The molecule has 21 heavy (non-hydrogen) atoms. The van der Waals surface area contributed by atoms with Crippen molar-refractivity contribution in [3.63, 3.8) is 0 Å². The molecule has 6 heteroatoms. The number of pyridine rings is 1. The lowest BCUT2D eigenvalue weighted by molar-refractivity contribution is 0.148. The SMILES string of the molecule is CC(C)N1CCC(n2nnc3cnc4[nH]ccc4c32)CC1. The predicted molar refractivity (Wildman–Crippen MR) is 82.2 cm³/mol. The number of aromatic amines is 1. The summed E-state index contributed by atoms with van der Waals surface area (Å²) < 4.78 is 2.12. The molecule has 4 rings (SSSR count). The quantitative estimate of drug-likeness (QED) is 0.784. The molecule has 4 heterocycles. The van der Waals surface area contributed by atoms with Crippen molar-refractivity contribution >= 4 is 22.1 Å². The standard InChI is InChI=1S/C15H20N6/c1-10(2)20-7-4-11(5-8-20)21-14-12-3-6-16-15(12)17-9-13(14)18-19-21/h3,6,9-11H,4-5,7-8H2,1-2H3,(H,16,17). The first kappa shape index (κ1) is 12.8. The second-order valence-corrected chi connectivity index (χ2v) is 6.13. The number of likely N-dealkylation sites (tertiary alicyclic amines) is 1. The smallest absolute Gasteiger partial charge is 0.139 e. The van der Waals surface area contributed by atoms with Gasteiger partial charge in [0.1, 0.15) is 16.7 Å². The van der Waals surface area contributed by atoms with Crippen LogP contribution in [-0.4, -0.2) is 49.0 Å². The Labute approximate surface area is 123 Å². The van der Waals surface area contributed by atoms with Crippen LogP contribution >= 0.6 is 0 Å². The molecule has 0 atom stereocenters. The minimum absolute atomic E-state index is 0.436. The Morgan fingerprint density at radius 1 is 1.29 bits per heavy atom. The number of piperidine rings is 1. The lowest BCUT2D eigenvalue weighted by Gasteiger charge is -2.34. The predicted octanol–water partition coefficient (Wildman–Crippen LogP) is 2.35. The number of rotatable bonds is 2. The van der Waals surface area contributed by atoms with Crippen LogP contribution in [0.1, 0.15) is 32.7 Å². The lowest BCUT2D eigenvalue weighted by Crippen LogP contribution is -2.39. The van der Waals surface area contributed by atoms with Crippen molar-refractivity contribution in [1.82, 2.24) is 29.9 Å². The van der Waals surface area contributed by atoms with E-state index in [1.165, 1.54) is 0 Å². The van der Waals surface area contributed by atoms with E-state index < -0.39 is 0 Å². The van der Waals surface area contributed by atoms with E-state index >= 15 is 0 Å². The first-order valence-corrected chi connectivity index (χ1v) is 7.65. The fourth-order valence-electron chi connectivity index (χ4n) is 3.34. The maximum atomic E-state index is 4.41. The van der Waals surface area contributed by atoms with Gasteiger partial charge in [0, 0.05) is 30.7 Å². The molecule has 3 aromatic rings. The van der Waals surface area contributed by atoms with Crippen molar-refractivity contribution in [2.75, 3.05) is 13.1 Å². The molecule has 1 fully saturated rings. The maximum absolute atomic E-state index is 4.41. The van der Waals surface area contributed by atoms with Crippen molar-refractivity contribution in [3.8, 4) is 0 Å². The molecule has 0 radical (unpaired) electrons. The number of H-pyrrole nitrogens is 1. The highest BCUT2D eigenvalue weighted by molar-refractivity contribution is 6.00. The van der Waals surface area contributed by atoms with Gasteiger partial charge < -0.3 is 9.88 Å². The Balaban J connectivity index is 1.72. The molecule has 0 aliphatic carbocycles. The largest absolute Gasteiger partial charge is 0.346 e. The summed E-state index contributed by atoms with van der Waals surface area (Å²) in [6.07, 6.45) is 5.99. The van der Waals surface area contributed by atoms with Gasteiger partial charge in [-0.15, -0.1) is 5.10 Å². The highest BCUT2D eigenvalue weighted by Crippen LogP contribution is 2.29. The van der Waals surface area contributed by atoms with E-state index in [0.29, 0.717) is 12.1 Å². The van der Waals surface area contributed by atoms with Crippen LogP contribution < -0.4 is 0 Å². The molecule has 0 bridgehead atoms. The lowest BCUT2D eigenvalue weighted by atomic mass is 10.0. The number of aromatic nitrogens is 5. The number of fused-ring (bicyclic) bond motifs is 3. The fraction of sp³-hybridized carbons (Fsp3) is 0.533. The summed E-state index contributed by atoms with van der Waals surface area (Å²) in [5.41, 5.74) is 2.91. The van der Waals surface area contributed by atoms with Gasteiger partial charge in [-0.1, -0.05) is 5.21 Å². The molecule has 0 amide bonds. The van der Waals surface area contributed by atoms with Crippen LogP contribution in [0.5, 0.6) is 0 Å². The number of hydrogen-bond acceptors (Lipinski definition) is 4. The fourth-order valence-corrected chi connectivity index (χ4v) is 3.34. The van der Waals surface area contributed by atoms with Gasteiger partial charge in [-0.3, -0.25) is 0 Å². The number of nitrogens with zero attached hydrogens (tertiary/aromatic N) is 5. The Kier molecular flexibility index (Phi) is 2.92. The number of hydrogen-bond donors (Lipinski definition) is 1. The maximum Gasteiger partial charge on any atom is 0.139 e. The van der Waals surface area contributed by atoms with Crippen molar-refractivity contribution in [3.05, 3.63) is 18.5 Å². The summed E-state index contributed by atoms with van der Waals surface area (Å²) in [4.78, 5) is 10.1. The minimum atomic E-state index is 0.436. The summed E-state index contributed by atoms with van der Waals surface area (Å²) in [6, 6.07) is 3.12. The average Bonchev–Trinajstić information content (AvgIpc) is 3.13. The van der Waals surface area contributed by atoms with Gasteiger partial charge in [-0.25, -0.2) is 9.67 Å². The molecule has 110 valence electrons. The molecule has 1 aliphatic heterocycles. The molecule has 0 aromatic carbocycles. The second kappa shape index (κ2) is 4.80. The van der Waals surface area contributed by atoms with Crippen LogP contribution in [0.15, 0.2) is 18.5 Å². The first-order chi connectivity index (χ1) is 10.2. The van der Waals surface area contributed by atoms with Crippen molar-refractivity contribution in [2.24, 2.45) is 0 Å². The highest BCUT2D eigenvalue weighted by Gasteiger charge is 2.24. The molecular formula is C15H20N6. The van der Waals surface area contributed by atoms with E-state index in [4.69, 9.17) is 0 Å². The minimum Gasteiger partial charge on any atom is -0.346 e. The van der Waals surface area contributed by atoms with Crippen LogP contribution in [0.3, 0.4) is 0 Å². The molecule has 0 unspecified atom stereocenters. The Morgan fingerprint density at radius 3 is 2.86 bits per heavy atom. The van der Waals surface area contributed by atoms with Gasteiger partial charge in [0.15, 0.2) is 0 Å². The van der Waals surface area contributed by atoms with Gasteiger partial charge >= 0.3 is 0 Å². The van der Waals surface area contributed by atoms with Gasteiger partial charge in [0.2, 0.25) is 0 Å². The topological polar surface area (TPSA) is 62.6 Å². The summed E-state index contributed by atoms with van der Waals surface area (Å²) in [5, 5.41) is 9.83. The zero-order valence-corrected chi connectivity index (χ0v) is 12.5. The summed E-state index contributed by atoms with van der Waals surface area (Å²) in [5.74, 6) is 0. The molecule has 0 saturated carbocycles. The van der Waals surface area contributed by atoms with Crippen LogP contribution in [0, 0.1) is 0 Å². The second-order valence-electron chi connectivity index (χ2n) is 6.13. The van der Waals surface area contributed by atoms with Gasteiger partial charge in [-0.05, 0) is 32.8 Å². The zero-order valence-electron chi connectivity index (χ0n) is 12.5. The van der Waals surface area contributed by atoms with Crippen LogP contribution in [0.25, 0.3) is 22.1 Å². The third kappa shape index (κ3) is 2.01. The third-order valence-corrected chi connectivity index (χ3v) is 4.59. The first-order valence-electron chi connectivity index (χ1n) is 7.65. The number of nitrogens with one attached hydrogen (secondary N) is 1. The Hall–Kier alpha value is -1.95. The van der Waals surface area contributed by atoms with E-state index in [-0.39, 0.29) is 0 Å². The van der Waals surface area contributed by atoms with E-state index in [1.54, 1.807) is 6.20 Å². The molecule has 6 nitrogen and oxygen atoms in total. The van der Waals surface area contributed by atoms with Gasteiger partial charge in [0.25, 0.3) is 0 Å². The summed E-state index contributed by atoms with van der Waals surface area (Å²) in [6.45, 7) is 6.79. The van der Waals surface area contributed by atoms with Crippen LogP contribution in [0.2, 0.25) is 0 Å². The third-order valence-electron chi connectivity index (χ3n) is 4.59. The van der Waals surface area contributed by atoms with E-state index in [0.717, 1.165) is 48.0 Å². The van der Waals surface area contributed by atoms with Crippen LogP contribution in [0.4, 0.5) is 0 Å². The molecular weight excluding hydrogens is 264 g/mol. The van der Waals surface area contributed by atoms with Gasteiger partial charge in [-0.2, -0.15) is 0 Å². The van der Waals surface area contributed by atoms with Crippen molar-refractivity contribution in [1.29, 1.82) is 0 Å². The molecule has 1 saturated heterocycles. The van der Waals surface area contributed by atoms with E-state index in [2.05, 4.69) is 49.8 Å². The molecule has 1 aliphatic rings. The Morgan fingerprint density at radius 2 is 2.10 bits per heavy atom. The normalized spacial score (nSPS) is 18.2. The van der Waals surface area contributed by atoms with E-state index in [1.807, 2.05) is 6.20 Å². The zero-order chi connectivity index (χ0) is 14.4. The van der Waals surface area contributed by atoms with E-state index in [9.17, 15) is 0 Å². The average molecular weight is 284 g/mol. The van der Waals surface area contributed by atoms with Crippen LogP contribution in [-0.2, 0) is 0 Å². The van der Waals surface area contributed by atoms with Crippen molar-refractivity contribution in [2.45, 2.75) is 38.8 Å². The van der Waals surface area contributed by atoms with Crippen molar-refractivity contribution < 1.29 is 0 Å². The molecule has 1 N–H and O–H groups in total. The monoisotopic (exact) mass is 284 g/mol.